The van der Waals surface area contributed by atoms with E-state index in [4.69, 9.17) is 10.5 Å². The first-order valence-corrected chi connectivity index (χ1v) is 7.38. The van der Waals surface area contributed by atoms with Gasteiger partial charge < -0.3 is 15.4 Å². The largest absolute Gasteiger partial charge is 0.444 e. The second kappa shape index (κ2) is 4.45. The van der Waals surface area contributed by atoms with Crippen LogP contribution in [0, 0.1) is 5.92 Å². The van der Waals surface area contributed by atoms with Crippen molar-refractivity contribution < 1.29 is 17.9 Å². The summed E-state index contributed by atoms with van der Waals surface area (Å²) in [5.41, 5.74) is 5.04. The minimum Gasteiger partial charge on any atom is -0.444 e. The third-order valence-corrected chi connectivity index (χ3v) is 3.89. The van der Waals surface area contributed by atoms with Crippen molar-refractivity contribution in [3.63, 3.8) is 0 Å². The molecule has 0 aliphatic carbocycles. The van der Waals surface area contributed by atoms with Gasteiger partial charge in [0.1, 0.15) is 11.0 Å². The average molecular weight is 264 g/mol. The average Bonchev–Trinajstić information content (AvgIpc) is 1.94. The Balaban J connectivity index is 2.45. The molecule has 100 valence electrons. The molecular formula is C10H20N2O4S. The van der Waals surface area contributed by atoms with Crippen molar-refractivity contribution in [2.75, 3.05) is 19.3 Å². The van der Waals surface area contributed by atoms with Gasteiger partial charge in [-0.25, -0.2) is 13.2 Å². The monoisotopic (exact) mass is 264 g/mol. The molecule has 7 heteroatoms. The standard InChI is InChI=1S/C10H20N2O4S/c1-10(2,3)16-9(13)12-5-7(6-12)8(11)17(4,14)15/h7-8H,5-6,11H2,1-4H3. The summed E-state index contributed by atoms with van der Waals surface area (Å²) in [7, 11) is -3.25. The zero-order valence-corrected chi connectivity index (χ0v) is 11.5. The third kappa shape index (κ3) is 3.85. The Morgan fingerprint density at radius 2 is 1.88 bits per heavy atom. The van der Waals surface area contributed by atoms with Gasteiger partial charge in [-0.05, 0) is 20.8 Å². The number of likely N-dealkylation sites (tertiary alicyclic amines) is 1. The Labute approximate surface area is 102 Å². The van der Waals surface area contributed by atoms with Gasteiger partial charge in [0.25, 0.3) is 0 Å². The van der Waals surface area contributed by atoms with Crippen LogP contribution < -0.4 is 5.73 Å². The summed E-state index contributed by atoms with van der Waals surface area (Å²) in [5.74, 6) is -0.197. The van der Waals surface area contributed by atoms with Crippen LogP contribution in [0.4, 0.5) is 4.79 Å². The van der Waals surface area contributed by atoms with Crippen molar-refractivity contribution >= 4 is 15.9 Å². The predicted octanol–water partition coefficient (Wildman–Crippen LogP) is 0.183. The molecule has 0 aromatic rings. The number of rotatable bonds is 2. The van der Waals surface area contributed by atoms with Crippen LogP contribution in [0.5, 0.6) is 0 Å². The molecule has 1 heterocycles. The SMILES string of the molecule is CC(C)(C)OC(=O)N1CC(C(N)S(C)(=O)=O)C1. The van der Waals surface area contributed by atoms with Gasteiger partial charge in [-0.3, -0.25) is 0 Å². The number of carbonyl (C=O) groups is 1. The molecule has 1 fully saturated rings. The summed E-state index contributed by atoms with van der Waals surface area (Å²) in [4.78, 5) is 13.0. The van der Waals surface area contributed by atoms with Gasteiger partial charge in [0.2, 0.25) is 0 Å². The number of hydrogen-bond acceptors (Lipinski definition) is 5. The molecule has 0 bridgehead atoms. The highest BCUT2D eigenvalue weighted by atomic mass is 32.2. The van der Waals surface area contributed by atoms with E-state index in [2.05, 4.69) is 0 Å². The van der Waals surface area contributed by atoms with Crippen LogP contribution in [0.2, 0.25) is 0 Å². The number of sulfone groups is 1. The molecule has 17 heavy (non-hydrogen) atoms. The van der Waals surface area contributed by atoms with E-state index in [0.29, 0.717) is 13.1 Å². The minimum absolute atomic E-state index is 0.197. The lowest BCUT2D eigenvalue weighted by Crippen LogP contribution is -2.59. The van der Waals surface area contributed by atoms with E-state index in [9.17, 15) is 13.2 Å². The van der Waals surface area contributed by atoms with Crippen molar-refractivity contribution in [3.8, 4) is 0 Å². The molecule has 2 N–H and O–H groups in total. The smallest absolute Gasteiger partial charge is 0.410 e. The highest BCUT2D eigenvalue weighted by molar-refractivity contribution is 7.91. The Morgan fingerprint density at radius 3 is 2.24 bits per heavy atom. The molecule has 0 saturated carbocycles. The van der Waals surface area contributed by atoms with Crippen LogP contribution in [0.3, 0.4) is 0 Å². The van der Waals surface area contributed by atoms with Gasteiger partial charge in [0.15, 0.2) is 9.84 Å². The Hall–Kier alpha value is -0.820. The van der Waals surface area contributed by atoms with E-state index in [1.807, 2.05) is 0 Å². The summed E-state index contributed by atoms with van der Waals surface area (Å²) in [6.07, 6.45) is 0.683. The van der Waals surface area contributed by atoms with E-state index < -0.39 is 26.9 Å². The molecular weight excluding hydrogens is 244 g/mol. The first-order valence-electron chi connectivity index (χ1n) is 5.43. The van der Waals surface area contributed by atoms with Crippen LogP contribution in [-0.4, -0.2) is 49.7 Å². The van der Waals surface area contributed by atoms with Gasteiger partial charge in [0.05, 0.1) is 0 Å². The normalized spacial score (nSPS) is 19.7. The zero-order chi connectivity index (χ0) is 13.4. The molecule has 0 spiro atoms. The van der Waals surface area contributed by atoms with E-state index in [1.165, 1.54) is 4.90 Å². The molecule has 6 nitrogen and oxygen atoms in total. The summed E-state index contributed by atoms with van der Waals surface area (Å²) < 4.78 is 27.6. The molecule has 0 aromatic heterocycles. The Kier molecular flexibility index (Phi) is 3.73. The number of ether oxygens (including phenoxy) is 1. The fourth-order valence-corrected chi connectivity index (χ4v) is 2.42. The Morgan fingerprint density at radius 1 is 1.41 bits per heavy atom. The third-order valence-electron chi connectivity index (χ3n) is 2.52. The van der Waals surface area contributed by atoms with Crippen molar-refractivity contribution in [1.82, 2.24) is 4.90 Å². The molecule has 1 aliphatic heterocycles. The second-order valence-electron chi connectivity index (χ2n) is 5.44. The van der Waals surface area contributed by atoms with E-state index >= 15 is 0 Å². The molecule has 1 unspecified atom stereocenters. The highest BCUT2D eigenvalue weighted by Crippen LogP contribution is 2.23. The summed E-state index contributed by atoms with van der Waals surface area (Å²) in [5, 5.41) is -0.902. The van der Waals surface area contributed by atoms with Gasteiger partial charge in [0, 0.05) is 25.3 Å². The quantitative estimate of drug-likeness (QED) is 0.768. The molecule has 0 radical (unpaired) electrons. The molecule has 1 aliphatic rings. The second-order valence-corrected chi connectivity index (χ2v) is 7.64. The van der Waals surface area contributed by atoms with Crippen molar-refractivity contribution in [2.45, 2.75) is 31.7 Å². The number of carbonyl (C=O) groups excluding carboxylic acids is 1. The summed E-state index contributed by atoms with van der Waals surface area (Å²) in [6.45, 7) is 6.02. The van der Waals surface area contributed by atoms with Crippen LogP contribution >= 0.6 is 0 Å². The van der Waals surface area contributed by atoms with E-state index in [0.717, 1.165) is 6.26 Å². The highest BCUT2D eigenvalue weighted by Gasteiger charge is 2.40. The predicted molar refractivity (Wildman–Crippen MR) is 64.1 cm³/mol. The van der Waals surface area contributed by atoms with Gasteiger partial charge in [-0.15, -0.1) is 0 Å². The van der Waals surface area contributed by atoms with E-state index in [1.54, 1.807) is 20.8 Å². The maximum absolute atomic E-state index is 11.6. The van der Waals surface area contributed by atoms with Crippen LogP contribution in [0.1, 0.15) is 20.8 Å². The number of hydrogen-bond donors (Lipinski definition) is 1. The Bertz CT molecular complexity index is 393. The zero-order valence-electron chi connectivity index (χ0n) is 10.6. The lowest BCUT2D eigenvalue weighted by atomic mass is 10.0. The number of amides is 1. The molecule has 1 amide bonds. The number of nitrogens with two attached hydrogens (primary N) is 1. The van der Waals surface area contributed by atoms with Crippen LogP contribution in [0.15, 0.2) is 0 Å². The number of nitrogens with zero attached hydrogens (tertiary/aromatic N) is 1. The fraction of sp³-hybridized carbons (Fsp3) is 0.900. The molecule has 0 aromatic carbocycles. The van der Waals surface area contributed by atoms with Gasteiger partial charge in [-0.1, -0.05) is 0 Å². The fourth-order valence-electron chi connectivity index (χ4n) is 1.55. The molecule has 1 atom stereocenters. The minimum atomic E-state index is -3.25. The lowest BCUT2D eigenvalue weighted by molar-refractivity contribution is -0.00132. The van der Waals surface area contributed by atoms with Crippen molar-refractivity contribution in [3.05, 3.63) is 0 Å². The van der Waals surface area contributed by atoms with Crippen LogP contribution in [-0.2, 0) is 14.6 Å². The van der Waals surface area contributed by atoms with Crippen molar-refractivity contribution in [1.29, 1.82) is 0 Å². The van der Waals surface area contributed by atoms with Crippen molar-refractivity contribution in [2.24, 2.45) is 11.7 Å². The summed E-state index contributed by atoms with van der Waals surface area (Å²) in [6, 6.07) is 0. The first kappa shape index (κ1) is 14.2. The summed E-state index contributed by atoms with van der Waals surface area (Å²) >= 11 is 0. The lowest BCUT2D eigenvalue weighted by Gasteiger charge is -2.41. The van der Waals surface area contributed by atoms with E-state index in [-0.39, 0.29) is 5.92 Å². The molecule has 1 rings (SSSR count). The van der Waals surface area contributed by atoms with Gasteiger partial charge in [-0.2, -0.15) is 0 Å². The molecule has 1 saturated heterocycles. The maximum atomic E-state index is 11.6. The first-order chi connectivity index (χ1) is 7.50. The topological polar surface area (TPSA) is 89.7 Å². The van der Waals surface area contributed by atoms with Crippen LogP contribution in [0.25, 0.3) is 0 Å². The van der Waals surface area contributed by atoms with Gasteiger partial charge >= 0.3 is 6.09 Å². The maximum Gasteiger partial charge on any atom is 0.410 e.